The number of hydrogen-bond donors (Lipinski definition) is 2. The molecule has 3 heterocycles. The molecule has 6 nitrogen and oxygen atoms in total. The number of carbonyl (C=O) groups excluding carboxylic acids is 2. The molecule has 0 bridgehead atoms. The fraction of sp³-hybridized carbons (Fsp3) is 0.364. The molecule has 150 valence electrons. The second-order valence-electron chi connectivity index (χ2n) is 7.91. The summed E-state index contributed by atoms with van der Waals surface area (Å²) in [6.45, 7) is 0.723. The topological polar surface area (TPSA) is 70.7 Å². The maximum Gasteiger partial charge on any atom is 0.250 e. The lowest BCUT2D eigenvalue weighted by atomic mass is 9.78. The van der Waals surface area contributed by atoms with Crippen molar-refractivity contribution in [2.75, 3.05) is 24.3 Å². The highest BCUT2D eigenvalue weighted by Crippen LogP contribution is 2.55. The fourth-order valence-electron chi connectivity index (χ4n) is 5.30. The summed E-state index contributed by atoms with van der Waals surface area (Å²) in [4.78, 5) is 28.8. The summed E-state index contributed by atoms with van der Waals surface area (Å²) >= 11 is 0. The average Bonchev–Trinajstić information content (AvgIpc) is 3.37. The van der Waals surface area contributed by atoms with Gasteiger partial charge in [-0.1, -0.05) is 0 Å². The molecule has 0 saturated carbocycles. The first-order chi connectivity index (χ1) is 14.0. The highest BCUT2D eigenvalue weighted by Gasteiger charge is 2.65. The van der Waals surface area contributed by atoms with Crippen LogP contribution in [0, 0.1) is 11.7 Å². The molecule has 0 aliphatic carbocycles. The number of benzene rings is 2. The SMILES string of the molecule is COc1ccc(NC(=O)[C@@H]2C[C@H]3CCCN3[C@@]23C(=O)Nc2ccc(F)cc23)cc1. The van der Waals surface area contributed by atoms with E-state index in [2.05, 4.69) is 15.5 Å². The quantitative estimate of drug-likeness (QED) is 0.838. The van der Waals surface area contributed by atoms with Crippen LogP contribution in [0.5, 0.6) is 5.75 Å². The molecule has 0 radical (unpaired) electrons. The standard InChI is InChI=1S/C22H22FN3O3/c1-29-16-7-5-14(6-8-16)24-20(27)18-12-15-3-2-10-26(15)22(18)17-11-13(23)4-9-19(17)25-21(22)28/h4-9,11,15,18H,2-3,10,12H2,1H3,(H,24,27)(H,25,28)/t15-,18+,22-/m1/s1. The highest BCUT2D eigenvalue weighted by atomic mass is 19.1. The third-order valence-electron chi connectivity index (χ3n) is 6.50. The first kappa shape index (κ1) is 18.1. The zero-order valence-corrected chi connectivity index (χ0v) is 16.1. The third-order valence-corrected chi connectivity index (χ3v) is 6.50. The highest BCUT2D eigenvalue weighted by molar-refractivity contribution is 6.10. The average molecular weight is 395 g/mol. The van der Waals surface area contributed by atoms with Crippen molar-refractivity contribution in [1.29, 1.82) is 0 Å². The molecule has 7 heteroatoms. The Labute approximate surface area is 168 Å². The van der Waals surface area contributed by atoms with E-state index in [1.807, 2.05) is 0 Å². The van der Waals surface area contributed by atoms with Crippen molar-refractivity contribution in [2.24, 2.45) is 5.92 Å². The maximum atomic E-state index is 14.1. The van der Waals surface area contributed by atoms with Gasteiger partial charge in [-0.25, -0.2) is 4.39 Å². The van der Waals surface area contributed by atoms with Gasteiger partial charge in [0.25, 0.3) is 0 Å². The van der Waals surface area contributed by atoms with E-state index in [9.17, 15) is 14.0 Å². The van der Waals surface area contributed by atoms with Gasteiger partial charge in [0, 0.05) is 23.0 Å². The third kappa shape index (κ3) is 2.57. The van der Waals surface area contributed by atoms with Gasteiger partial charge >= 0.3 is 0 Å². The summed E-state index contributed by atoms with van der Waals surface area (Å²) in [5, 5.41) is 5.84. The van der Waals surface area contributed by atoms with Crippen molar-refractivity contribution in [3.05, 3.63) is 53.8 Å². The van der Waals surface area contributed by atoms with Crippen LogP contribution >= 0.6 is 0 Å². The molecule has 2 fully saturated rings. The smallest absolute Gasteiger partial charge is 0.250 e. The minimum absolute atomic E-state index is 0.140. The number of hydrogen-bond acceptors (Lipinski definition) is 4. The molecular weight excluding hydrogens is 373 g/mol. The van der Waals surface area contributed by atoms with Crippen molar-refractivity contribution >= 4 is 23.2 Å². The number of rotatable bonds is 3. The Morgan fingerprint density at radius 2 is 2.07 bits per heavy atom. The summed E-state index contributed by atoms with van der Waals surface area (Å²) in [6, 6.07) is 11.5. The monoisotopic (exact) mass is 395 g/mol. The number of anilines is 2. The molecule has 2 saturated heterocycles. The van der Waals surface area contributed by atoms with E-state index >= 15 is 0 Å². The van der Waals surface area contributed by atoms with Gasteiger partial charge in [0.15, 0.2) is 0 Å². The summed E-state index contributed by atoms with van der Waals surface area (Å²) < 4.78 is 19.3. The molecule has 1 spiro atoms. The van der Waals surface area contributed by atoms with Crippen molar-refractivity contribution in [3.8, 4) is 5.75 Å². The second kappa shape index (κ2) is 6.56. The predicted octanol–water partition coefficient (Wildman–Crippen LogP) is 3.10. The molecular formula is C22H22FN3O3. The van der Waals surface area contributed by atoms with Crippen LogP contribution in [0.1, 0.15) is 24.8 Å². The number of carbonyl (C=O) groups is 2. The van der Waals surface area contributed by atoms with E-state index in [0.29, 0.717) is 29.1 Å². The normalized spacial score (nSPS) is 27.6. The number of methoxy groups -OCH3 is 1. The van der Waals surface area contributed by atoms with Gasteiger partial charge in [-0.05, 0) is 68.3 Å². The number of nitrogens with zero attached hydrogens (tertiary/aromatic N) is 1. The van der Waals surface area contributed by atoms with E-state index < -0.39 is 17.3 Å². The molecule has 2 aromatic rings. The Bertz CT molecular complexity index is 993. The van der Waals surface area contributed by atoms with Crippen LogP contribution in [-0.2, 0) is 15.1 Å². The van der Waals surface area contributed by atoms with Crippen molar-refractivity contribution in [2.45, 2.75) is 30.8 Å². The first-order valence-electron chi connectivity index (χ1n) is 9.87. The van der Waals surface area contributed by atoms with Gasteiger partial charge in [0.2, 0.25) is 11.8 Å². The predicted molar refractivity (Wildman–Crippen MR) is 106 cm³/mol. The minimum atomic E-state index is -1.16. The lowest BCUT2D eigenvalue weighted by Gasteiger charge is -2.36. The zero-order valence-electron chi connectivity index (χ0n) is 16.1. The summed E-state index contributed by atoms with van der Waals surface area (Å²) in [7, 11) is 1.58. The van der Waals surface area contributed by atoms with Crippen LogP contribution in [0.2, 0.25) is 0 Å². The van der Waals surface area contributed by atoms with Gasteiger partial charge in [0.05, 0.1) is 13.0 Å². The second-order valence-corrected chi connectivity index (χ2v) is 7.91. The Hall–Kier alpha value is -2.93. The molecule has 3 aliphatic heterocycles. The summed E-state index contributed by atoms with van der Waals surface area (Å²) in [5.74, 6) is -0.774. The number of nitrogens with one attached hydrogen (secondary N) is 2. The fourth-order valence-corrected chi connectivity index (χ4v) is 5.30. The van der Waals surface area contributed by atoms with Crippen LogP contribution in [0.3, 0.4) is 0 Å². The lowest BCUT2D eigenvalue weighted by Crippen LogP contribution is -2.53. The van der Waals surface area contributed by atoms with Crippen LogP contribution in [0.25, 0.3) is 0 Å². The Morgan fingerprint density at radius 3 is 2.83 bits per heavy atom. The molecule has 2 amide bonds. The number of fused-ring (bicyclic) bond motifs is 4. The first-order valence-corrected chi connectivity index (χ1v) is 9.87. The van der Waals surface area contributed by atoms with Gasteiger partial charge in [-0.3, -0.25) is 14.5 Å². The van der Waals surface area contributed by atoms with Crippen LogP contribution in [0.15, 0.2) is 42.5 Å². The molecule has 0 unspecified atom stereocenters. The van der Waals surface area contributed by atoms with Gasteiger partial charge < -0.3 is 15.4 Å². The van der Waals surface area contributed by atoms with Gasteiger partial charge in [-0.15, -0.1) is 0 Å². The molecule has 3 atom stereocenters. The molecule has 3 aliphatic rings. The van der Waals surface area contributed by atoms with E-state index in [1.165, 1.54) is 12.1 Å². The van der Waals surface area contributed by atoms with E-state index in [4.69, 9.17) is 4.74 Å². The number of amides is 2. The molecule has 2 N–H and O–H groups in total. The van der Waals surface area contributed by atoms with Crippen LogP contribution in [0.4, 0.5) is 15.8 Å². The number of ether oxygens (including phenoxy) is 1. The minimum Gasteiger partial charge on any atom is -0.497 e. The Morgan fingerprint density at radius 1 is 1.28 bits per heavy atom. The van der Waals surface area contributed by atoms with Gasteiger partial charge in [-0.2, -0.15) is 0 Å². The molecule has 0 aromatic heterocycles. The molecule has 29 heavy (non-hydrogen) atoms. The van der Waals surface area contributed by atoms with Crippen molar-refractivity contribution in [1.82, 2.24) is 4.90 Å². The zero-order chi connectivity index (χ0) is 20.2. The van der Waals surface area contributed by atoms with Crippen LogP contribution in [-0.4, -0.2) is 36.4 Å². The molecule has 5 rings (SSSR count). The lowest BCUT2D eigenvalue weighted by molar-refractivity contribution is -0.135. The van der Waals surface area contributed by atoms with Gasteiger partial charge in [0.1, 0.15) is 17.1 Å². The van der Waals surface area contributed by atoms with Crippen molar-refractivity contribution < 1.29 is 18.7 Å². The maximum absolute atomic E-state index is 14.1. The van der Waals surface area contributed by atoms with E-state index in [1.54, 1.807) is 37.4 Å². The molecule has 2 aromatic carbocycles. The Balaban J connectivity index is 1.55. The number of halogens is 1. The summed E-state index contributed by atoms with van der Waals surface area (Å²) in [6.07, 6.45) is 2.48. The largest absolute Gasteiger partial charge is 0.497 e. The van der Waals surface area contributed by atoms with E-state index in [-0.39, 0.29) is 17.9 Å². The van der Waals surface area contributed by atoms with Crippen molar-refractivity contribution in [3.63, 3.8) is 0 Å². The van der Waals surface area contributed by atoms with E-state index in [0.717, 1.165) is 19.4 Å². The Kier molecular flexibility index (Phi) is 4.10. The van der Waals surface area contributed by atoms with Crippen LogP contribution < -0.4 is 15.4 Å². The summed E-state index contributed by atoms with van der Waals surface area (Å²) in [5.41, 5.74) is 0.638.